The lowest BCUT2D eigenvalue weighted by atomic mass is 10.1. The maximum Gasteiger partial charge on any atom is 0.242 e. The smallest absolute Gasteiger partial charge is 0.242 e. The van der Waals surface area contributed by atoms with Crippen molar-refractivity contribution >= 4 is 39.1 Å². The Kier molecular flexibility index (Phi) is 11.0. The molecule has 0 aliphatic rings. The van der Waals surface area contributed by atoms with E-state index >= 15 is 0 Å². The number of ether oxygens (including phenoxy) is 1. The number of halogens is 1. The molecule has 0 bridgehead atoms. The summed E-state index contributed by atoms with van der Waals surface area (Å²) in [6.07, 6.45) is 2.21. The van der Waals surface area contributed by atoms with Gasteiger partial charge in [0.15, 0.2) is 0 Å². The van der Waals surface area contributed by atoms with Gasteiger partial charge in [-0.25, -0.2) is 8.42 Å². The van der Waals surface area contributed by atoms with Crippen molar-refractivity contribution in [2.24, 2.45) is 0 Å². The zero-order valence-corrected chi connectivity index (χ0v) is 23.1. The second kappa shape index (κ2) is 13.5. The lowest BCUT2D eigenvalue weighted by Gasteiger charge is -2.30. The van der Waals surface area contributed by atoms with Crippen LogP contribution in [0.5, 0.6) is 5.75 Å². The van der Waals surface area contributed by atoms with Crippen LogP contribution in [0.4, 0.5) is 5.69 Å². The van der Waals surface area contributed by atoms with Crippen molar-refractivity contribution in [3.8, 4) is 5.75 Å². The number of hydrogen-bond acceptors (Lipinski definition) is 5. The summed E-state index contributed by atoms with van der Waals surface area (Å²) in [5, 5.41) is 3.43. The van der Waals surface area contributed by atoms with Gasteiger partial charge in [-0.1, -0.05) is 42.8 Å². The van der Waals surface area contributed by atoms with Crippen LogP contribution in [0.1, 0.15) is 45.6 Å². The van der Waals surface area contributed by atoms with Gasteiger partial charge < -0.3 is 15.0 Å². The van der Waals surface area contributed by atoms with Crippen LogP contribution in [0.2, 0.25) is 5.02 Å². The van der Waals surface area contributed by atoms with E-state index in [9.17, 15) is 18.0 Å². The van der Waals surface area contributed by atoms with E-state index in [1.54, 1.807) is 43.3 Å². The standard InChI is InChI=1S/C26H36ClN3O5S/c1-6-19(2)28-26(32)20(3)29(18-21-11-7-8-14-24(21)27)25(31)15-10-16-30(36(5,33)34)22-12-9-13-23(17-22)35-4/h7-9,11-14,17,19-20H,6,10,15-16,18H2,1-5H3,(H,28,32)/t19-,20-/m1/s1. The normalized spacial score (nSPS) is 12.9. The minimum absolute atomic E-state index is 0.0246. The van der Waals surface area contributed by atoms with Gasteiger partial charge in [-0.15, -0.1) is 0 Å². The van der Waals surface area contributed by atoms with Crippen molar-refractivity contribution in [3.05, 3.63) is 59.1 Å². The van der Waals surface area contributed by atoms with Crippen LogP contribution in [0.3, 0.4) is 0 Å². The Morgan fingerprint density at radius 1 is 1.11 bits per heavy atom. The molecule has 0 saturated heterocycles. The summed E-state index contributed by atoms with van der Waals surface area (Å²) in [5.74, 6) is 0.0176. The Labute approximate surface area is 219 Å². The summed E-state index contributed by atoms with van der Waals surface area (Å²) in [4.78, 5) is 27.7. The van der Waals surface area contributed by atoms with E-state index in [4.69, 9.17) is 16.3 Å². The van der Waals surface area contributed by atoms with Crippen LogP contribution in [0, 0.1) is 0 Å². The fourth-order valence-corrected chi connectivity index (χ4v) is 4.78. The highest BCUT2D eigenvalue weighted by Gasteiger charge is 2.27. The molecule has 2 amide bonds. The van der Waals surface area contributed by atoms with Gasteiger partial charge >= 0.3 is 0 Å². The van der Waals surface area contributed by atoms with Gasteiger partial charge in [0.25, 0.3) is 0 Å². The minimum Gasteiger partial charge on any atom is -0.497 e. The topological polar surface area (TPSA) is 96.0 Å². The summed E-state index contributed by atoms with van der Waals surface area (Å²) >= 11 is 6.33. The van der Waals surface area contributed by atoms with Gasteiger partial charge in [0.05, 0.1) is 19.1 Å². The van der Waals surface area contributed by atoms with E-state index in [-0.39, 0.29) is 43.8 Å². The van der Waals surface area contributed by atoms with Crippen molar-refractivity contribution in [1.82, 2.24) is 10.2 Å². The van der Waals surface area contributed by atoms with Crippen LogP contribution in [-0.2, 0) is 26.2 Å². The second-order valence-corrected chi connectivity index (χ2v) is 11.1. The van der Waals surface area contributed by atoms with Crippen molar-refractivity contribution in [2.75, 3.05) is 24.2 Å². The third-order valence-electron chi connectivity index (χ3n) is 5.96. The zero-order chi connectivity index (χ0) is 26.9. The van der Waals surface area contributed by atoms with Gasteiger partial charge in [-0.2, -0.15) is 0 Å². The fourth-order valence-electron chi connectivity index (χ4n) is 3.63. The van der Waals surface area contributed by atoms with E-state index in [1.807, 2.05) is 26.0 Å². The highest BCUT2D eigenvalue weighted by molar-refractivity contribution is 7.92. The van der Waals surface area contributed by atoms with Gasteiger partial charge in [-0.3, -0.25) is 13.9 Å². The minimum atomic E-state index is -3.59. The molecule has 0 aliphatic heterocycles. The largest absolute Gasteiger partial charge is 0.497 e. The second-order valence-electron chi connectivity index (χ2n) is 8.75. The number of benzene rings is 2. The molecule has 0 aliphatic carbocycles. The predicted molar refractivity (Wildman–Crippen MR) is 144 cm³/mol. The highest BCUT2D eigenvalue weighted by Crippen LogP contribution is 2.24. The van der Waals surface area contributed by atoms with E-state index in [2.05, 4.69) is 5.32 Å². The zero-order valence-electron chi connectivity index (χ0n) is 21.5. The van der Waals surface area contributed by atoms with Crippen LogP contribution in [0.25, 0.3) is 0 Å². The maximum atomic E-state index is 13.3. The molecule has 0 unspecified atom stereocenters. The molecular weight excluding hydrogens is 502 g/mol. The number of amides is 2. The van der Waals surface area contributed by atoms with Gasteiger partial charge in [0.1, 0.15) is 11.8 Å². The number of nitrogens with one attached hydrogen (secondary N) is 1. The SMILES string of the molecule is CC[C@@H](C)NC(=O)[C@@H](C)N(Cc1ccccc1Cl)C(=O)CCCN(c1cccc(OC)c1)S(C)(=O)=O. The number of carbonyl (C=O) groups is 2. The number of methoxy groups -OCH3 is 1. The molecule has 2 rings (SSSR count). The molecule has 8 nitrogen and oxygen atoms in total. The molecule has 0 radical (unpaired) electrons. The average Bonchev–Trinajstić information content (AvgIpc) is 2.84. The Bertz CT molecular complexity index is 1140. The average molecular weight is 538 g/mol. The number of sulfonamides is 1. The first-order valence-corrected chi connectivity index (χ1v) is 14.2. The number of anilines is 1. The van der Waals surface area contributed by atoms with Crippen molar-refractivity contribution in [3.63, 3.8) is 0 Å². The molecule has 2 aromatic carbocycles. The molecule has 2 aromatic rings. The van der Waals surface area contributed by atoms with E-state index in [0.29, 0.717) is 16.5 Å². The molecule has 0 saturated carbocycles. The monoisotopic (exact) mass is 537 g/mol. The molecule has 0 aromatic heterocycles. The molecule has 198 valence electrons. The van der Waals surface area contributed by atoms with Crippen molar-refractivity contribution in [2.45, 2.75) is 58.7 Å². The van der Waals surface area contributed by atoms with Crippen LogP contribution < -0.4 is 14.4 Å². The Balaban J connectivity index is 2.19. The molecule has 0 spiro atoms. The van der Waals surface area contributed by atoms with Gasteiger partial charge in [0.2, 0.25) is 21.8 Å². The lowest BCUT2D eigenvalue weighted by Crippen LogP contribution is -2.49. The summed E-state index contributed by atoms with van der Waals surface area (Å²) in [5.41, 5.74) is 1.18. The Morgan fingerprint density at radius 3 is 2.42 bits per heavy atom. The number of rotatable bonds is 13. The molecule has 0 fully saturated rings. The lowest BCUT2D eigenvalue weighted by molar-refractivity contribution is -0.140. The van der Waals surface area contributed by atoms with Gasteiger partial charge in [-0.05, 0) is 50.5 Å². The van der Waals surface area contributed by atoms with Gasteiger partial charge in [0, 0.05) is 36.6 Å². The summed E-state index contributed by atoms with van der Waals surface area (Å²) < 4.78 is 31.4. The highest BCUT2D eigenvalue weighted by atomic mass is 35.5. The van der Waals surface area contributed by atoms with Crippen LogP contribution >= 0.6 is 11.6 Å². The molecule has 0 heterocycles. The van der Waals surface area contributed by atoms with E-state index < -0.39 is 16.1 Å². The summed E-state index contributed by atoms with van der Waals surface area (Å²) in [7, 11) is -2.08. The molecule has 1 N–H and O–H groups in total. The molecule has 10 heteroatoms. The maximum absolute atomic E-state index is 13.3. The van der Waals surface area contributed by atoms with Crippen molar-refractivity contribution in [1.29, 1.82) is 0 Å². The summed E-state index contributed by atoms with van der Waals surface area (Å²) in [6, 6.07) is 13.2. The summed E-state index contributed by atoms with van der Waals surface area (Å²) in [6.45, 7) is 5.83. The third kappa shape index (κ3) is 8.41. The molecular formula is C26H36ClN3O5S. The Morgan fingerprint density at radius 2 is 1.81 bits per heavy atom. The third-order valence-corrected chi connectivity index (χ3v) is 7.52. The number of nitrogens with zero attached hydrogens (tertiary/aromatic N) is 2. The quantitative estimate of drug-likeness (QED) is 0.412. The first-order valence-electron chi connectivity index (χ1n) is 11.9. The van der Waals surface area contributed by atoms with E-state index in [1.165, 1.54) is 16.3 Å². The first-order chi connectivity index (χ1) is 17.0. The van der Waals surface area contributed by atoms with Crippen LogP contribution in [-0.4, -0.2) is 57.1 Å². The fraction of sp³-hybridized carbons (Fsp3) is 0.462. The van der Waals surface area contributed by atoms with E-state index in [0.717, 1.165) is 18.2 Å². The number of carbonyl (C=O) groups excluding carboxylic acids is 2. The molecule has 36 heavy (non-hydrogen) atoms. The Hall–Kier alpha value is -2.78. The van der Waals surface area contributed by atoms with Crippen molar-refractivity contribution < 1.29 is 22.7 Å². The first kappa shape index (κ1) is 29.5. The number of hydrogen-bond donors (Lipinski definition) is 1. The predicted octanol–water partition coefficient (Wildman–Crippen LogP) is 4.23. The molecule has 2 atom stereocenters. The van der Waals surface area contributed by atoms with Crippen LogP contribution in [0.15, 0.2) is 48.5 Å².